The van der Waals surface area contributed by atoms with Crippen LogP contribution in [-0.4, -0.2) is 30.1 Å². The van der Waals surface area contributed by atoms with E-state index in [9.17, 15) is 0 Å². The summed E-state index contributed by atoms with van der Waals surface area (Å²) in [6, 6.07) is 2.32. The van der Waals surface area contributed by atoms with Crippen LogP contribution in [-0.2, 0) is 6.54 Å². The maximum absolute atomic E-state index is 6.31. The smallest absolute Gasteiger partial charge is 0.147 e. The van der Waals surface area contributed by atoms with E-state index >= 15 is 0 Å². The molecule has 17 heavy (non-hydrogen) atoms. The van der Waals surface area contributed by atoms with E-state index in [4.69, 9.17) is 17.3 Å². The van der Waals surface area contributed by atoms with Crippen molar-refractivity contribution in [1.29, 1.82) is 0 Å². The molecule has 0 aliphatic carbocycles. The number of hydrogen-bond donors (Lipinski definition) is 1. The van der Waals surface area contributed by atoms with Gasteiger partial charge in [0.1, 0.15) is 5.82 Å². The van der Waals surface area contributed by atoms with E-state index in [1.54, 1.807) is 6.20 Å². The number of hydrogen-bond acceptors (Lipinski definition) is 4. The first-order valence-electron chi connectivity index (χ1n) is 5.70. The maximum Gasteiger partial charge on any atom is 0.147 e. The Morgan fingerprint density at radius 2 is 2.29 bits per heavy atom. The molecule has 0 aromatic carbocycles. The van der Waals surface area contributed by atoms with E-state index < -0.39 is 0 Å². The second-order valence-corrected chi connectivity index (χ2v) is 5.23. The summed E-state index contributed by atoms with van der Waals surface area (Å²) in [4.78, 5) is 6.52. The molecular formula is C12H20ClN3S. The zero-order valence-corrected chi connectivity index (χ0v) is 12.2. The first kappa shape index (κ1) is 14.6. The molecule has 2 N–H and O–H groups in total. The summed E-state index contributed by atoms with van der Waals surface area (Å²) >= 11 is 8.15. The summed E-state index contributed by atoms with van der Waals surface area (Å²) in [5, 5.41) is 0.678. The molecule has 0 radical (unpaired) electrons. The molecule has 0 saturated heterocycles. The van der Waals surface area contributed by atoms with Crippen LogP contribution in [0.15, 0.2) is 12.3 Å². The van der Waals surface area contributed by atoms with Gasteiger partial charge in [-0.15, -0.1) is 0 Å². The molecule has 0 fully saturated rings. The quantitative estimate of drug-likeness (QED) is 0.865. The summed E-state index contributed by atoms with van der Waals surface area (Å²) in [6.07, 6.45) is 4.95. The molecule has 1 atom stereocenters. The van der Waals surface area contributed by atoms with Crippen molar-refractivity contribution in [1.82, 2.24) is 4.98 Å². The van der Waals surface area contributed by atoms with Crippen molar-refractivity contribution in [2.75, 3.05) is 24.0 Å². The zero-order valence-electron chi connectivity index (χ0n) is 10.6. The lowest BCUT2D eigenvalue weighted by Gasteiger charge is -2.28. The molecule has 5 heteroatoms. The molecule has 0 spiro atoms. The fourth-order valence-corrected chi connectivity index (χ4v) is 2.91. The highest BCUT2D eigenvalue weighted by Crippen LogP contribution is 2.28. The van der Waals surface area contributed by atoms with Crippen molar-refractivity contribution in [2.24, 2.45) is 5.73 Å². The predicted octanol–water partition coefficient (Wildman–Crippen LogP) is 2.77. The van der Waals surface area contributed by atoms with Gasteiger partial charge in [0.05, 0.1) is 5.02 Å². The lowest BCUT2D eigenvalue weighted by atomic mass is 10.2. The lowest BCUT2D eigenvalue weighted by Crippen LogP contribution is -2.34. The molecule has 0 aliphatic heterocycles. The van der Waals surface area contributed by atoms with E-state index in [0.717, 1.165) is 23.6 Å². The first-order valence-corrected chi connectivity index (χ1v) is 7.48. The number of rotatable bonds is 6. The summed E-state index contributed by atoms with van der Waals surface area (Å²) in [7, 11) is 2.04. The van der Waals surface area contributed by atoms with Crippen molar-refractivity contribution in [3.63, 3.8) is 0 Å². The highest BCUT2D eigenvalue weighted by molar-refractivity contribution is 7.98. The second-order valence-electron chi connectivity index (χ2n) is 3.94. The third kappa shape index (κ3) is 3.50. The third-order valence-electron chi connectivity index (χ3n) is 2.88. The molecule has 1 aromatic heterocycles. The van der Waals surface area contributed by atoms with Crippen LogP contribution >= 0.6 is 23.4 Å². The fourth-order valence-electron chi connectivity index (χ4n) is 1.74. The first-order chi connectivity index (χ1) is 8.15. The summed E-state index contributed by atoms with van der Waals surface area (Å²) in [5.74, 6) is 1.90. The Balaban J connectivity index is 2.98. The van der Waals surface area contributed by atoms with E-state index in [0.29, 0.717) is 17.6 Å². The van der Waals surface area contributed by atoms with Crippen molar-refractivity contribution in [3.8, 4) is 0 Å². The second kappa shape index (κ2) is 7.09. The minimum atomic E-state index is 0.446. The fraction of sp³-hybridized carbons (Fsp3) is 0.583. The van der Waals surface area contributed by atoms with Gasteiger partial charge in [0.25, 0.3) is 0 Å². The Kier molecular flexibility index (Phi) is 6.09. The van der Waals surface area contributed by atoms with Crippen LogP contribution in [0.25, 0.3) is 0 Å². The number of pyridine rings is 1. The van der Waals surface area contributed by atoms with Crippen LogP contribution < -0.4 is 10.6 Å². The molecule has 1 rings (SSSR count). The predicted molar refractivity (Wildman–Crippen MR) is 78.0 cm³/mol. The van der Waals surface area contributed by atoms with Crippen molar-refractivity contribution >= 4 is 29.2 Å². The average Bonchev–Trinajstić information content (AvgIpc) is 2.35. The van der Waals surface area contributed by atoms with Gasteiger partial charge in [0, 0.05) is 31.6 Å². The van der Waals surface area contributed by atoms with Gasteiger partial charge in [-0.1, -0.05) is 18.5 Å². The van der Waals surface area contributed by atoms with Crippen LogP contribution in [0.1, 0.15) is 18.9 Å². The van der Waals surface area contributed by atoms with Gasteiger partial charge < -0.3 is 10.6 Å². The average molecular weight is 274 g/mol. The standard InChI is InChI=1S/C12H20ClN3S/c1-4-10(8-17-3)16(2)12-11(13)9(7-14)5-6-15-12/h5-6,10H,4,7-8,14H2,1-3H3. The van der Waals surface area contributed by atoms with E-state index in [2.05, 4.69) is 23.1 Å². The van der Waals surface area contributed by atoms with Crippen molar-refractivity contribution in [3.05, 3.63) is 22.8 Å². The number of nitrogens with zero attached hydrogens (tertiary/aromatic N) is 2. The van der Waals surface area contributed by atoms with Gasteiger partial charge in [0.2, 0.25) is 0 Å². The van der Waals surface area contributed by atoms with Crippen LogP contribution in [0.4, 0.5) is 5.82 Å². The van der Waals surface area contributed by atoms with Crippen LogP contribution in [0.3, 0.4) is 0 Å². The van der Waals surface area contributed by atoms with Gasteiger partial charge in [-0.2, -0.15) is 11.8 Å². The summed E-state index contributed by atoms with van der Waals surface area (Å²) < 4.78 is 0. The molecule has 0 bridgehead atoms. The Bertz CT molecular complexity index is 360. The van der Waals surface area contributed by atoms with E-state index in [1.165, 1.54) is 0 Å². The highest BCUT2D eigenvalue weighted by atomic mass is 35.5. The SMILES string of the molecule is CCC(CSC)N(C)c1nccc(CN)c1Cl. The Morgan fingerprint density at radius 3 is 2.82 bits per heavy atom. The largest absolute Gasteiger partial charge is 0.355 e. The number of aromatic nitrogens is 1. The molecule has 0 aliphatic rings. The highest BCUT2D eigenvalue weighted by Gasteiger charge is 2.17. The zero-order chi connectivity index (χ0) is 12.8. The van der Waals surface area contributed by atoms with Crippen molar-refractivity contribution < 1.29 is 0 Å². The third-order valence-corrected chi connectivity index (χ3v) is 4.01. The van der Waals surface area contributed by atoms with Crippen molar-refractivity contribution in [2.45, 2.75) is 25.9 Å². The molecule has 0 saturated carbocycles. The molecule has 1 aromatic rings. The molecule has 1 heterocycles. The monoisotopic (exact) mass is 273 g/mol. The lowest BCUT2D eigenvalue weighted by molar-refractivity contribution is 0.665. The van der Waals surface area contributed by atoms with Gasteiger partial charge in [-0.05, 0) is 24.3 Å². The Morgan fingerprint density at radius 1 is 1.59 bits per heavy atom. The number of nitrogens with two attached hydrogens (primary N) is 1. The molecule has 1 unspecified atom stereocenters. The number of thioether (sulfide) groups is 1. The Labute approximate surface area is 113 Å². The van der Waals surface area contributed by atoms with E-state index in [-0.39, 0.29) is 0 Å². The Hall–Kier alpha value is -0.450. The molecule has 0 amide bonds. The molecular weight excluding hydrogens is 254 g/mol. The summed E-state index contributed by atoms with van der Waals surface area (Å²) in [5.41, 5.74) is 6.60. The number of halogens is 1. The minimum Gasteiger partial charge on any atom is -0.355 e. The maximum atomic E-state index is 6.31. The van der Waals surface area contributed by atoms with Gasteiger partial charge in [0.15, 0.2) is 0 Å². The minimum absolute atomic E-state index is 0.446. The van der Waals surface area contributed by atoms with Crippen LogP contribution in [0.5, 0.6) is 0 Å². The van der Waals surface area contributed by atoms with Gasteiger partial charge >= 0.3 is 0 Å². The summed E-state index contributed by atoms with van der Waals surface area (Å²) in [6.45, 7) is 2.62. The molecule has 96 valence electrons. The van der Waals surface area contributed by atoms with E-state index in [1.807, 2.05) is 24.9 Å². The normalized spacial score (nSPS) is 12.5. The van der Waals surface area contributed by atoms with Crippen LogP contribution in [0.2, 0.25) is 5.02 Å². The topological polar surface area (TPSA) is 42.2 Å². The van der Waals surface area contributed by atoms with Crippen LogP contribution in [0, 0.1) is 0 Å². The molecule has 3 nitrogen and oxygen atoms in total. The van der Waals surface area contributed by atoms with Gasteiger partial charge in [-0.25, -0.2) is 4.98 Å². The number of anilines is 1. The van der Waals surface area contributed by atoms with Gasteiger partial charge in [-0.3, -0.25) is 0 Å².